The Labute approximate surface area is 88.4 Å². The van der Waals surface area contributed by atoms with Gasteiger partial charge in [0.15, 0.2) is 6.29 Å². The fraction of sp³-hybridized carbons (Fsp3) is 0.400. The van der Waals surface area contributed by atoms with Crippen LogP contribution in [0.25, 0.3) is 0 Å². The Balaban J connectivity index is 3.02. The molecule has 0 aliphatic rings. The molecule has 0 saturated heterocycles. The summed E-state index contributed by atoms with van der Waals surface area (Å²) in [4.78, 5) is 0. The largest absolute Gasteiger partial charge is 0.398 e. The van der Waals surface area contributed by atoms with Gasteiger partial charge in [-0.25, -0.2) is 0 Å². The van der Waals surface area contributed by atoms with Crippen LogP contribution in [0.4, 0.5) is 5.69 Å². The van der Waals surface area contributed by atoms with Crippen molar-refractivity contribution >= 4 is 17.3 Å². The predicted octanol–water partition coefficient (Wildman–Crippen LogP) is 2.26. The Morgan fingerprint density at radius 1 is 1.57 bits per heavy atom. The summed E-state index contributed by atoms with van der Waals surface area (Å²) >= 11 is 5.91. The van der Waals surface area contributed by atoms with Gasteiger partial charge in [0.2, 0.25) is 0 Å². The number of ether oxygens (including phenoxy) is 1. The van der Waals surface area contributed by atoms with Crippen molar-refractivity contribution in [1.82, 2.24) is 0 Å². The van der Waals surface area contributed by atoms with Crippen LogP contribution < -0.4 is 5.73 Å². The number of aryl methyl sites for hydroxylation is 1. The number of hydrogen-bond donors (Lipinski definition) is 2. The van der Waals surface area contributed by atoms with E-state index >= 15 is 0 Å². The molecule has 1 unspecified atom stereocenters. The van der Waals surface area contributed by atoms with Crippen molar-refractivity contribution in [2.45, 2.75) is 20.1 Å². The Morgan fingerprint density at radius 3 is 2.79 bits per heavy atom. The van der Waals surface area contributed by atoms with Crippen LogP contribution in [0, 0.1) is 6.92 Å². The lowest BCUT2D eigenvalue weighted by atomic mass is 10.1. The normalized spacial score (nSPS) is 12.9. The van der Waals surface area contributed by atoms with Gasteiger partial charge in [-0.1, -0.05) is 11.6 Å². The van der Waals surface area contributed by atoms with Gasteiger partial charge in [0.05, 0.1) is 0 Å². The first-order valence-electron chi connectivity index (χ1n) is 4.41. The van der Waals surface area contributed by atoms with Gasteiger partial charge in [-0.2, -0.15) is 0 Å². The SMILES string of the molecule is CCOC(O)c1cc(Cl)c(C)cc1N. The van der Waals surface area contributed by atoms with E-state index in [2.05, 4.69) is 0 Å². The summed E-state index contributed by atoms with van der Waals surface area (Å²) in [6.07, 6.45) is -1.00. The highest BCUT2D eigenvalue weighted by molar-refractivity contribution is 6.31. The van der Waals surface area contributed by atoms with Gasteiger partial charge in [-0.15, -0.1) is 0 Å². The number of aliphatic hydroxyl groups is 1. The molecule has 0 heterocycles. The molecule has 3 N–H and O–H groups in total. The van der Waals surface area contributed by atoms with E-state index in [1.165, 1.54) is 0 Å². The lowest BCUT2D eigenvalue weighted by molar-refractivity contribution is -0.0974. The van der Waals surface area contributed by atoms with Crippen LogP contribution in [0.3, 0.4) is 0 Å². The van der Waals surface area contributed by atoms with E-state index in [0.717, 1.165) is 5.56 Å². The minimum atomic E-state index is -1.00. The van der Waals surface area contributed by atoms with Crippen LogP contribution in [0.2, 0.25) is 5.02 Å². The van der Waals surface area contributed by atoms with Gasteiger partial charge in [-0.3, -0.25) is 0 Å². The van der Waals surface area contributed by atoms with E-state index < -0.39 is 6.29 Å². The molecule has 0 radical (unpaired) electrons. The molecule has 4 heteroatoms. The first-order chi connectivity index (χ1) is 6.56. The number of hydrogen-bond acceptors (Lipinski definition) is 3. The molecule has 0 amide bonds. The zero-order chi connectivity index (χ0) is 10.7. The summed E-state index contributed by atoms with van der Waals surface area (Å²) in [7, 11) is 0. The number of nitrogens with two attached hydrogens (primary N) is 1. The maximum Gasteiger partial charge on any atom is 0.183 e. The molecule has 0 bridgehead atoms. The Kier molecular flexibility index (Phi) is 3.75. The number of benzene rings is 1. The zero-order valence-electron chi connectivity index (χ0n) is 8.25. The lowest BCUT2D eigenvalue weighted by Gasteiger charge is -2.14. The van der Waals surface area contributed by atoms with Crippen LogP contribution in [-0.4, -0.2) is 11.7 Å². The van der Waals surface area contributed by atoms with Gasteiger partial charge in [0.25, 0.3) is 0 Å². The highest BCUT2D eigenvalue weighted by atomic mass is 35.5. The molecular formula is C10H14ClNO2. The van der Waals surface area contributed by atoms with Crippen LogP contribution in [-0.2, 0) is 4.74 Å². The van der Waals surface area contributed by atoms with Crippen molar-refractivity contribution in [1.29, 1.82) is 0 Å². The second-order valence-corrected chi connectivity index (χ2v) is 3.45. The number of nitrogen functional groups attached to an aromatic ring is 1. The standard InChI is InChI=1S/C10H14ClNO2/c1-3-14-10(13)7-5-8(11)6(2)4-9(7)12/h4-5,10,13H,3,12H2,1-2H3. The average Bonchev–Trinajstić information content (AvgIpc) is 2.11. The van der Waals surface area contributed by atoms with Crippen molar-refractivity contribution < 1.29 is 9.84 Å². The number of halogens is 1. The third kappa shape index (κ3) is 2.38. The minimum Gasteiger partial charge on any atom is -0.398 e. The molecule has 14 heavy (non-hydrogen) atoms. The number of rotatable bonds is 3. The third-order valence-electron chi connectivity index (χ3n) is 1.95. The van der Waals surface area contributed by atoms with Crippen molar-refractivity contribution in [2.75, 3.05) is 12.3 Å². The molecule has 0 spiro atoms. The fourth-order valence-corrected chi connectivity index (χ4v) is 1.35. The average molecular weight is 216 g/mol. The van der Waals surface area contributed by atoms with Crippen LogP contribution in [0.5, 0.6) is 0 Å². The van der Waals surface area contributed by atoms with Crippen LogP contribution >= 0.6 is 11.6 Å². The summed E-state index contributed by atoms with van der Waals surface area (Å²) in [5.74, 6) is 0. The molecule has 0 aliphatic heterocycles. The Morgan fingerprint density at radius 2 is 2.21 bits per heavy atom. The van der Waals surface area contributed by atoms with Crippen molar-refractivity contribution in [3.8, 4) is 0 Å². The van der Waals surface area contributed by atoms with E-state index in [1.54, 1.807) is 19.1 Å². The van der Waals surface area contributed by atoms with Crippen molar-refractivity contribution in [3.05, 3.63) is 28.3 Å². The molecule has 0 aliphatic carbocycles. The molecule has 3 nitrogen and oxygen atoms in total. The van der Waals surface area contributed by atoms with Crippen molar-refractivity contribution in [2.24, 2.45) is 0 Å². The molecule has 1 rings (SSSR count). The molecular weight excluding hydrogens is 202 g/mol. The van der Waals surface area contributed by atoms with Gasteiger partial charge < -0.3 is 15.6 Å². The maximum absolute atomic E-state index is 9.56. The Hall–Kier alpha value is -0.770. The number of anilines is 1. The first kappa shape index (κ1) is 11.3. The van der Waals surface area contributed by atoms with Crippen molar-refractivity contribution in [3.63, 3.8) is 0 Å². The Bertz CT molecular complexity index is 328. The van der Waals surface area contributed by atoms with E-state index in [4.69, 9.17) is 22.1 Å². The molecule has 78 valence electrons. The third-order valence-corrected chi connectivity index (χ3v) is 2.36. The monoisotopic (exact) mass is 215 g/mol. The topological polar surface area (TPSA) is 55.5 Å². The summed E-state index contributed by atoms with van der Waals surface area (Å²) in [5.41, 5.74) is 7.62. The quantitative estimate of drug-likeness (QED) is 0.601. The van der Waals surface area contributed by atoms with E-state index in [0.29, 0.717) is 22.9 Å². The fourth-order valence-electron chi connectivity index (χ4n) is 1.18. The predicted molar refractivity (Wildman–Crippen MR) is 57.2 cm³/mol. The highest BCUT2D eigenvalue weighted by Crippen LogP contribution is 2.27. The maximum atomic E-state index is 9.56. The van der Waals surface area contributed by atoms with E-state index in [9.17, 15) is 5.11 Å². The summed E-state index contributed by atoms with van der Waals surface area (Å²) in [6.45, 7) is 4.08. The number of aliphatic hydroxyl groups excluding tert-OH is 1. The minimum absolute atomic E-state index is 0.423. The zero-order valence-corrected chi connectivity index (χ0v) is 9.01. The van der Waals surface area contributed by atoms with Crippen LogP contribution in [0.15, 0.2) is 12.1 Å². The van der Waals surface area contributed by atoms with E-state index in [1.807, 2.05) is 6.92 Å². The second kappa shape index (κ2) is 4.64. The van der Waals surface area contributed by atoms with E-state index in [-0.39, 0.29) is 0 Å². The van der Waals surface area contributed by atoms with Gasteiger partial charge in [0.1, 0.15) is 0 Å². The highest BCUT2D eigenvalue weighted by Gasteiger charge is 2.12. The molecule has 1 atom stereocenters. The molecule has 1 aromatic rings. The molecule has 0 aromatic heterocycles. The summed E-state index contributed by atoms with van der Waals surface area (Å²) < 4.78 is 5.02. The summed E-state index contributed by atoms with van der Waals surface area (Å²) in [5, 5.41) is 10.1. The van der Waals surface area contributed by atoms with Gasteiger partial charge >= 0.3 is 0 Å². The molecule has 0 fully saturated rings. The smallest absolute Gasteiger partial charge is 0.183 e. The first-order valence-corrected chi connectivity index (χ1v) is 4.79. The second-order valence-electron chi connectivity index (χ2n) is 3.04. The summed E-state index contributed by atoms with van der Waals surface area (Å²) in [6, 6.07) is 3.35. The lowest BCUT2D eigenvalue weighted by Crippen LogP contribution is -2.06. The molecule has 1 aromatic carbocycles. The molecule has 0 saturated carbocycles. The van der Waals surface area contributed by atoms with Crippen LogP contribution in [0.1, 0.15) is 24.3 Å². The van der Waals surface area contributed by atoms with Gasteiger partial charge in [-0.05, 0) is 31.5 Å². The van der Waals surface area contributed by atoms with Gasteiger partial charge in [0, 0.05) is 22.9 Å².